The number of H-pyrrole nitrogens is 1. The zero-order valence-electron chi connectivity index (χ0n) is 18.5. The third kappa shape index (κ3) is 5.04. The van der Waals surface area contributed by atoms with E-state index in [1.807, 2.05) is 18.2 Å². The largest absolute Gasteiger partial charge is 0.493 e. The van der Waals surface area contributed by atoms with Gasteiger partial charge in [-0.05, 0) is 53.6 Å². The van der Waals surface area contributed by atoms with Crippen LogP contribution in [0.3, 0.4) is 0 Å². The Morgan fingerprint density at radius 1 is 1.00 bits per heavy atom. The molecule has 0 saturated carbocycles. The van der Waals surface area contributed by atoms with Crippen LogP contribution in [0.5, 0.6) is 11.5 Å². The van der Waals surface area contributed by atoms with Crippen molar-refractivity contribution in [2.75, 3.05) is 14.2 Å². The number of hydrazone groups is 1. The van der Waals surface area contributed by atoms with Crippen molar-refractivity contribution in [3.63, 3.8) is 0 Å². The van der Waals surface area contributed by atoms with Crippen molar-refractivity contribution >= 4 is 29.1 Å². The molecule has 4 rings (SSSR count). The summed E-state index contributed by atoms with van der Waals surface area (Å²) in [6, 6.07) is 17.0. The third-order valence-electron chi connectivity index (χ3n) is 5.15. The zero-order valence-corrected chi connectivity index (χ0v) is 18.5. The number of nitrogens with zero attached hydrogens (tertiary/aromatic N) is 2. The van der Waals surface area contributed by atoms with Crippen LogP contribution in [0.1, 0.15) is 37.7 Å². The number of nitrogens with one attached hydrogen (secondary N) is 2. The second-order valence-electron chi connectivity index (χ2n) is 7.41. The molecule has 1 aromatic heterocycles. The predicted octanol–water partition coefficient (Wildman–Crippen LogP) is 3.63. The fourth-order valence-corrected chi connectivity index (χ4v) is 3.41. The van der Waals surface area contributed by atoms with E-state index in [4.69, 9.17) is 14.6 Å². The summed E-state index contributed by atoms with van der Waals surface area (Å²) < 4.78 is 10.6. The monoisotopic (exact) mass is 458 g/mol. The summed E-state index contributed by atoms with van der Waals surface area (Å²) in [6.45, 7) is 0. The van der Waals surface area contributed by atoms with E-state index in [2.05, 4.69) is 20.5 Å². The molecule has 0 bridgehead atoms. The number of carbonyl (C=O) groups is 2. The molecule has 0 aliphatic carbocycles. The highest BCUT2D eigenvalue weighted by Crippen LogP contribution is 2.28. The van der Waals surface area contributed by atoms with Crippen molar-refractivity contribution in [1.82, 2.24) is 15.4 Å². The number of aromatic amines is 1. The summed E-state index contributed by atoms with van der Waals surface area (Å²) in [4.78, 5) is 31.2. The summed E-state index contributed by atoms with van der Waals surface area (Å²) in [6.07, 6.45) is 2.00. The number of aromatic nitrogens is 2. The Kier molecular flexibility index (Phi) is 6.54. The van der Waals surface area contributed by atoms with Gasteiger partial charge in [-0.2, -0.15) is 5.10 Å². The quantitative estimate of drug-likeness (QED) is 0.273. The Morgan fingerprint density at radius 2 is 1.74 bits per heavy atom. The molecular weight excluding hydrogens is 436 g/mol. The molecule has 9 nitrogen and oxygen atoms in total. The number of imidazole rings is 1. The molecule has 3 N–H and O–H groups in total. The fourth-order valence-electron chi connectivity index (χ4n) is 3.41. The number of carbonyl (C=O) groups excluding carboxylic acids is 1. The van der Waals surface area contributed by atoms with E-state index in [0.717, 1.165) is 22.4 Å². The van der Waals surface area contributed by atoms with Crippen LogP contribution in [0.25, 0.3) is 11.0 Å². The number of carboxylic acid groups (broad SMARTS) is 1. The Morgan fingerprint density at radius 3 is 2.44 bits per heavy atom. The van der Waals surface area contributed by atoms with Crippen molar-refractivity contribution < 1.29 is 24.2 Å². The second-order valence-corrected chi connectivity index (χ2v) is 7.41. The van der Waals surface area contributed by atoms with Gasteiger partial charge in [0.2, 0.25) is 0 Å². The van der Waals surface area contributed by atoms with Crippen LogP contribution in [-0.4, -0.2) is 47.4 Å². The molecule has 0 aliphatic rings. The molecule has 0 fully saturated rings. The molecule has 0 unspecified atom stereocenters. The first kappa shape index (κ1) is 22.5. The van der Waals surface area contributed by atoms with Crippen LogP contribution in [0, 0.1) is 0 Å². The number of ether oxygens (including phenoxy) is 2. The summed E-state index contributed by atoms with van der Waals surface area (Å²) in [5, 5.41) is 12.9. The molecule has 34 heavy (non-hydrogen) atoms. The van der Waals surface area contributed by atoms with E-state index >= 15 is 0 Å². The maximum atomic E-state index is 12.5. The lowest BCUT2D eigenvalue weighted by Gasteiger charge is -2.08. The topological polar surface area (TPSA) is 126 Å². The zero-order chi connectivity index (χ0) is 24.1. The van der Waals surface area contributed by atoms with Crippen molar-refractivity contribution in [2.24, 2.45) is 5.10 Å². The van der Waals surface area contributed by atoms with Gasteiger partial charge in [0.25, 0.3) is 5.91 Å². The molecule has 1 heterocycles. The molecule has 0 aliphatic heterocycles. The van der Waals surface area contributed by atoms with Crippen LogP contribution < -0.4 is 14.9 Å². The molecule has 0 atom stereocenters. The third-order valence-corrected chi connectivity index (χ3v) is 5.15. The van der Waals surface area contributed by atoms with Gasteiger partial charge in [-0.15, -0.1) is 0 Å². The number of methoxy groups -OCH3 is 2. The summed E-state index contributed by atoms with van der Waals surface area (Å²) in [5.41, 5.74) is 6.22. The van der Waals surface area contributed by atoms with Gasteiger partial charge < -0.3 is 19.6 Å². The number of carboxylic acids is 1. The Hall–Kier alpha value is -4.66. The van der Waals surface area contributed by atoms with Gasteiger partial charge >= 0.3 is 5.97 Å². The number of hydrogen-bond donors (Lipinski definition) is 3. The summed E-state index contributed by atoms with van der Waals surface area (Å²) in [7, 11) is 3.18. The Bertz CT molecular complexity index is 1380. The molecule has 172 valence electrons. The lowest BCUT2D eigenvalue weighted by atomic mass is 10.1. The Balaban J connectivity index is 1.44. The first-order chi connectivity index (χ1) is 16.5. The number of benzene rings is 3. The first-order valence-electron chi connectivity index (χ1n) is 10.3. The second kappa shape index (κ2) is 9.86. The van der Waals surface area contributed by atoms with Crippen LogP contribution in [0.15, 0.2) is 65.8 Å². The van der Waals surface area contributed by atoms with Crippen LogP contribution in [-0.2, 0) is 6.42 Å². The number of hydrogen-bond acceptors (Lipinski definition) is 6. The van der Waals surface area contributed by atoms with E-state index in [1.165, 1.54) is 18.3 Å². The molecule has 0 spiro atoms. The minimum Gasteiger partial charge on any atom is -0.493 e. The van der Waals surface area contributed by atoms with Crippen LogP contribution in [0.4, 0.5) is 0 Å². The average molecular weight is 458 g/mol. The average Bonchev–Trinajstić information content (AvgIpc) is 3.25. The van der Waals surface area contributed by atoms with Crippen molar-refractivity contribution in [1.29, 1.82) is 0 Å². The standard InChI is InChI=1S/C25H22N4O5/c1-33-21-10-5-16(11-22(21)34-2)12-23-27-19-9-8-18(13-20(19)28-23)24(30)29-26-14-15-3-6-17(7-4-15)25(31)32/h3-11,13-14H,12H2,1-2H3,(H,27,28)(H,29,30)(H,31,32)/b26-14-. The SMILES string of the molecule is COc1ccc(Cc2nc3ccc(C(=O)N/N=C\c4ccc(C(=O)O)cc4)cc3[nH]2)cc1OC. The molecule has 4 aromatic rings. The number of aromatic carboxylic acids is 1. The van der Waals surface area contributed by atoms with Crippen LogP contribution >= 0.6 is 0 Å². The number of fused-ring (bicyclic) bond motifs is 1. The molecule has 3 aromatic carbocycles. The summed E-state index contributed by atoms with van der Waals surface area (Å²) >= 11 is 0. The van der Waals surface area contributed by atoms with Gasteiger partial charge in [0.05, 0.1) is 37.0 Å². The van der Waals surface area contributed by atoms with Crippen molar-refractivity contribution in [3.05, 3.63) is 88.7 Å². The lowest BCUT2D eigenvalue weighted by molar-refractivity contribution is 0.0696. The van der Waals surface area contributed by atoms with Crippen molar-refractivity contribution in [3.8, 4) is 11.5 Å². The van der Waals surface area contributed by atoms with Gasteiger partial charge in [-0.25, -0.2) is 15.2 Å². The van der Waals surface area contributed by atoms with E-state index < -0.39 is 5.97 Å². The molecule has 9 heteroatoms. The highest BCUT2D eigenvalue weighted by Gasteiger charge is 2.11. The maximum Gasteiger partial charge on any atom is 0.335 e. The number of amides is 1. The molecule has 1 amide bonds. The molecular formula is C25H22N4O5. The van der Waals surface area contributed by atoms with E-state index in [9.17, 15) is 9.59 Å². The van der Waals surface area contributed by atoms with Gasteiger partial charge in [-0.1, -0.05) is 18.2 Å². The lowest BCUT2D eigenvalue weighted by Crippen LogP contribution is -2.17. The van der Waals surface area contributed by atoms with E-state index in [-0.39, 0.29) is 11.5 Å². The van der Waals surface area contributed by atoms with Gasteiger partial charge in [0.15, 0.2) is 11.5 Å². The maximum absolute atomic E-state index is 12.5. The first-order valence-corrected chi connectivity index (χ1v) is 10.3. The normalized spacial score (nSPS) is 11.0. The number of rotatable bonds is 8. The predicted molar refractivity (Wildman–Crippen MR) is 127 cm³/mol. The fraction of sp³-hybridized carbons (Fsp3) is 0.120. The van der Waals surface area contributed by atoms with E-state index in [1.54, 1.807) is 44.6 Å². The highest BCUT2D eigenvalue weighted by molar-refractivity contribution is 5.98. The van der Waals surface area contributed by atoms with Gasteiger partial charge in [-0.3, -0.25) is 4.79 Å². The van der Waals surface area contributed by atoms with Gasteiger partial charge in [0.1, 0.15) is 5.82 Å². The van der Waals surface area contributed by atoms with Gasteiger partial charge in [0, 0.05) is 12.0 Å². The minimum atomic E-state index is -1.00. The Labute approximate surface area is 195 Å². The molecule has 0 radical (unpaired) electrons. The molecule has 0 saturated heterocycles. The van der Waals surface area contributed by atoms with E-state index in [0.29, 0.717) is 29.0 Å². The smallest absolute Gasteiger partial charge is 0.335 e. The minimum absolute atomic E-state index is 0.180. The van der Waals surface area contributed by atoms with Crippen molar-refractivity contribution in [2.45, 2.75) is 6.42 Å². The summed E-state index contributed by atoms with van der Waals surface area (Å²) in [5.74, 6) is 0.678. The highest BCUT2D eigenvalue weighted by atomic mass is 16.5. The van der Waals surface area contributed by atoms with Crippen LogP contribution in [0.2, 0.25) is 0 Å².